The molecule has 2 aromatic rings. The lowest BCUT2D eigenvalue weighted by atomic mass is 10.1. The van der Waals surface area contributed by atoms with E-state index in [1.807, 2.05) is 6.92 Å². The molecule has 0 saturated heterocycles. The fourth-order valence-electron chi connectivity index (χ4n) is 2.39. The lowest BCUT2D eigenvalue weighted by Crippen LogP contribution is -2.28. The number of aromatic nitrogens is 3. The van der Waals surface area contributed by atoms with Crippen molar-refractivity contribution in [3.63, 3.8) is 0 Å². The van der Waals surface area contributed by atoms with Crippen molar-refractivity contribution in [2.24, 2.45) is 0 Å². The first-order valence-electron chi connectivity index (χ1n) is 7.26. The summed E-state index contributed by atoms with van der Waals surface area (Å²) >= 11 is 0. The number of hydrogen-bond acceptors (Lipinski definition) is 4. The van der Waals surface area contributed by atoms with Crippen LogP contribution in [0.2, 0.25) is 0 Å². The number of nitrogens with zero attached hydrogens (tertiary/aromatic N) is 3. The van der Waals surface area contributed by atoms with Crippen molar-refractivity contribution < 1.29 is 13.9 Å². The molecule has 0 aliphatic carbocycles. The van der Waals surface area contributed by atoms with Gasteiger partial charge in [0.15, 0.2) is 5.69 Å². The van der Waals surface area contributed by atoms with Crippen LogP contribution in [-0.4, -0.2) is 27.4 Å². The van der Waals surface area contributed by atoms with E-state index >= 15 is 0 Å². The summed E-state index contributed by atoms with van der Waals surface area (Å²) in [6.45, 7) is 3.29. The summed E-state index contributed by atoms with van der Waals surface area (Å²) in [6.07, 6.45) is 0.639. The van der Waals surface area contributed by atoms with Crippen LogP contribution < -0.4 is 5.32 Å². The molecule has 1 aromatic heterocycles. The Morgan fingerprint density at radius 1 is 1.45 bits per heavy atom. The van der Waals surface area contributed by atoms with Crippen LogP contribution in [-0.2, 0) is 17.9 Å². The average molecular weight is 304 g/mol. The molecule has 1 aromatic carbocycles. The maximum absolute atomic E-state index is 13.0. The maximum atomic E-state index is 13.0. The number of nitrogens with one attached hydrogen (secondary N) is 1. The highest BCUT2D eigenvalue weighted by molar-refractivity contribution is 5.93. The minimum absolute atomic E-state index is 0.221. The van der Waals surface area contributed by atoms with Gasteiger partial charge in [0.1, 0.15) is 11.9 Å². The minimum atomic E-state index is -0.282. The third-order valence-electron chi connectivity index (χ3n) is 3.59. The Balaban J connectivity index is 1.76. The Bertz CT molecular complexity index is 669. The largest absolute Gasteiger partial charge is 0.365 e. The first kappa shape index (κ1) is 14.6. The Morgan fingerprint density at radius 2 is 2.23 bits per heavy atom. The fraction of sp³-hybridized carbons (Fsp3) is 0.400. The molecule has 2 heterocycles. The van der Waals surface area contributed by atoms with Crippen molar-refractivity contribution in [2.45, 2.75) is 32.6 Å². The van der Waals surface area contributed by atoms with Gasteiger partial charge >= 0.3 is 0 Å². The first-order chi connectivity index (χ1) is 10.7. The van der Waals surface area contributed by atoms with Crippen LogP contribution in [0.1, 0.15) is 41.2 Å². The van der Waals surface area contributed by atoms with E-state index < -0.39 is 0 Å². The number of fused-ring (bicyclic) bond motifs is 1. The number of carbonyl (C=O) groups excluding carboxylic acids is 1. The lowest BCUT2D eigenvalue weighted by Gasteiger charge is -2.24. The molecule has 0 spiro atoms. The third kappa shape index (κ3) is 2.85. The van der Waals surface area contributed by atoms with Gasteiger partial charge in [-0.05, 0) is 24.1 Å². The molecule has 0 bridgehead atoms. The van der Waals surface area contributed by atoms with E-state index in [0.29, 0.717) is 24.5 Å². The van der Waals surface area contributed by atoms with Gasteiger partial charge in [0.2, 0.25) is 0 Å². The molecular formula is C15H17FN4O2. The number of benzene rings is 1. The van der Waals surface area contributed by atoms with E-state index in [-0.39, 0.29) is 24.4 Å². The van der Waals surface area contributed by atoms with Gasteiger partial charge in [0.25, 0.3) is 5.91 Å². The van der Waals surface area contributed by atoms with E-state index in [1.165, 1.54) is 12.1 Å². The SMILES string of the molecule is CCCNC(=O)c1nnn2c1CO[C@@H](c1ccc(F)cc1)C2. The number of halogens is 1. The Kier molecular flexibility index (Phi) is 4.15. The van der Waals surface area contributed by atoms with Crippen molar-refractivity contribution in [3.05, 3.63) is 47.0 Å². The van der Waals surface area contributed by atoms with Crippen molar-refractivity contribution in [2.75, 3.05) is 6.54 Å². The van der Waals surface area contributed by atoms with Gasteiger partial charge in [0, 0.05) is 6.54 Å². The topological polar surface area (TPSA) is 69.0 Å². The number of rotatable bonds is 4. The zero-order chi connectivity index (χ0) is 15.5. The molecule has 0 saturated carbocycles. The van der Waals surface area contributed by atoms with Gasteiger partial charge in [0.05, 0.1) is 18.8 Å². The van der Waals surface area contributed by atoms with Crippen molar-refractivity contribution in [1.29, 1.82) is 0 Å². The normalized spacial score (nSPS) is 17.1. The molecule has 1 aliphatic rings. The van der Waals surface area contributed by atoms with Crippen molar-refractivity contribution >= 4 is 5.91 Å². The van der Waals surface area contributed by atoms with Crippen LogP contribution >= 0.6 is 0 Å². The standard InChI is InChI=1S/C15H17FN4O2/c1-2-7-17-15(21)14-12-9-22-13(8-20(12)19-18-14)10-3-5-11(16)6-4-10/h3-6,13H,2,7-9H2,1H3,(H,17,21)/t13-/m1/s1. The molecule has 1 amide bonds. The van der Waals surface area contributed by atoms with Crippen LogP contribution in [0.5, 0.6) is 0 Å². The highest BCUT2D eigenvalue weighted by Gasteiger charge is 2.27. The molecule has 1 atom stereocenters. The number of ether oxygens (including phenoxy) is 1. The van der Waals surface area contributed by atoms with E-state index in [2.05, 4.69) is 15.6 Å². The fourth-order valence-corrected chi connectivity index (χ4v) is 2.39. The van der Waals surface area contributed by atoms with Gasteiger partial charge in [-0.15, -0.1) is 5.10 Å². The number of hydrogen-bond donors (Lipinski definition) is 1. The van der Waals surface area contributed by atoms with Crippen LogP contribution in [0.15, 0.2) is 24.3 Å². The molecule has 22 heavy (non-hydrogen) atoms. The van der Waals surface area contributed by atoms with Gasteiger partial charge in [-0.25, -0.2) is 9.07 Å². The Morgan fingerprint density at radius 3 is 2.95 bits per heavy atom. The van der Waals surface area contributed by atoms with Crippen LogP contribution in [0.25, 0.3) is 0 Å². The van der Waals surface area contributed by atoms with E-state index in [0.717, 1.165) is 12.0 Å². The molecule has 1 aliphatic heterocycles. The van der Waals surface area contributed by atoms with Crippen LogP contribution in [0, 0.1) is 5.82 Å². The third-order valence-corrected chi connectivity index (χ3v) is 3.59. The molecule has 6 nitrogen and oxygen atoms in total. The Labute approximate surface area is 127 Å². The average Bonchev–Trinajstić information content (AvgIpc) is 2.96. The molecule has 0 unspecified atom stereocenters. The lowest BCUT2D eigenvalue weighted by molar-refractivity contribution is -0.00180. The second kappa shape index (κ2) is 6.23. The van der Waals surface area contributed by atoms with E-state index in [4.69, 9.17) is 4.74 Å². The van der Waals surface area contributed by atoms with Gasteiger partial charge in [-0.2, -0.15) is 0 Å². The molecule has 0 radical (unpaired) electrons. The van der Waals surface area contributed by atoms with Crippen molar-refractivity contribution in [3.8, 4) is 0 Å². The zero-order valence-electron chi connectivity index (χ0n) is 12.3. The van der Waals surface area contributed by atoms with Crippen LogP contribution in [0.3, 0.4) is 0 Å². The highest BCUT2D eigenvalue weighted by Crippen LogP contribution is 2.26. The summed E-state index contributed by atoms with van der Waals surface area (Å²) in [4.78, 5) is 12.0. The monoisotopic (exact) mass is 304 g/mol. The summed E-state index contributed by atoms with van der Waals surface area (Å²) in [7, 11) is 0. The maximum Gasteiger partial charge on any atom is 0.273 e. The second-order valence-electron chi connectivity index (χ2n) is 5.17. The molecule has 1 N–H and O–H groups in total. The second-order valence-corrected chi connectivity index (χ2v) is 5.17. The van der Waals surface area contributed by atoms with E-state index in [9.17, 15) is 9.18 Å². The molecule has 0 fully saturated rings. The molecule has 3 rings (SSSR count). The van der Waals surface area contributed by atoms with Gasteiger partial charge in [-0.1, -0.05) is 24.3 Å². The quantitative estimate of drug-likeness (QED) is 0.935. The predicted molar refractivity (Wildman–Crippen MR) is 76.6 cm³/mol. The first-order valence-corrected chi connectivity index (χ1v) is 7.26. The van der Waals surface area contributed by atoms with Gasteiger partial charge in [-0.3, -0.25) is 4.79 Å². The smallest absolute Gasteiger partial charge is 0.273 e. The Hall–Kier alpha value is -2.28. The summed E-state index contributed by atoms with van der Waals surface area (Å²) in [5.74, 6) is -0.511. The summed E-state index contributed by atoms with van der Waals surface area (Å²) in [5.41, 5.74) is 1.86. The summed E-state index contributed by atoms with van der Waals surface area (Å²) in [6, 6.07) is 6.19. The summed E-state index contributed by atoms with van der Waals surface area (Å²) < 4.78 is 20.4. The van der Waals surface area contributed by atoms with Gasteiger partial charge < -0.3 is 10.1 Å². The van der Waals surface area contributed by atoms with Crippen LogP contribution in [0.4, 0.5) is 4.39 Å². The van der Waals surface area contributed by atoms with E-state index in [1.54, 1.807) is 16.8 Å². The molecule has 116 valence electrons. The number of amides is 1. The highest BCUT2D eigenvalue weighted by atomic mass is 19.1. The summed E-state index contributed by atoms with van der Waals surface area (Å²) in [5, 5.41) is 10.8. The predicted octanol–water partition coefficient (Wildman–Crippen LogP) is 1.83. The van der Waals surface area contributed by atoms with Crippen molar-refractivity contribution in [1.82, 2.24) is 20.3 Å². The minimum Gasteiger partial charge on any atom is -0.365 e. The molecule has 7 heteroatoms. The zero-order valence-corrected chi connectivity index (χ0v) is 12.3. The molecular weight excluding hydrogens is 287 g/mol. The number of carbonyl (C=O) groups is 1.